The number of furan rings is 1. The van der Waals surface area contributed by atoms with Crippen LogP contribution in [0.25, 0.3) is 87.6 Å². The second-order valence-electron chi connectivity index (χ2n) is 11.3. The summed E-state index contributed by atoms with van der Waals surface area (Å²) in [6.45, 7) is 0. The molecule has 0 radical (unpaired) electrons. The summed E-state index contributed by atoms with van der Waals surface area (Å²) in [5.74, 6) is 0. The third-order valence-electron chi connectivity index (χ3n) is 8.84. The summed E-state index contributed by atoms with van der Waals surface area (Å²) in [5, 5.41) is 9.78. The van der Waals surface area contributed by atoms with Crippen LogP contribution in [-0.2, 0) is 0 Å². The largest absolute Gasteiger partial charge is 0.456 e. The zero-order chi connectivity index (χ0) is 28.3. The predicted octanol–water partition coefficient (Wildman–Crippen LogP) is 12.0. The molecule has 1 nitrogen and oxygen atoms in total. The molecule has 0 bridgehead atoms. The van der Waals surface area contributed by atoms with Crippen molar-refractivity contribution < 1.29 is 4.42 Å². The molecule has 9 aromatic rings. The first-order chi connectivity index (χ1) is 21.3. The summed E-state index contributed by atoms with van der Waals surface area (Å²) in [4.78, 5) is 0. The lowest BCUT2D eigenvalue weighted by molar-refractivity contribution is 0.669. The van der Waals surface area contributed by atoms with Crippen LogP contribution in [0, 0.1) is 0 Å². The molecular formula is C42H26O. The van der Waals surface area contributed by atoms with Crippen molar-refractivity contribution in [3.05, 3.63) is 158 Å². The molecule has 0 aliphatic heterocycles. The molecule has 8 aromatic carbocycles. The molecule has 0 aliphatic carbocycles. The van der Waals surface area contributed by atoms with Gasteiger partial charge in [-0.05, 0) is 90.0 Å². The van der Waals surface area contributed by atoms with E-state index in [-0.39, 0.29) is 0 Å². The van der Waals surface area contributed by atoms with E-state index in [1.54, 1.807) is 0 Å². The maximum absolute atomic E-state index is 6.58. The quantitative estimate of drug-likeness (QED) is 0.201. The van der Waals surface area contributed by atoms with Crippen LogP contribution in [0.1, 0.15) is 0 Å². The average molecular weight is 547 g/mol. The van der Waals surface area contributed by atoms with Gasteiger partial charge in [0.05, 0.1) is 0 Å². The second-order valence-corrected chi connectivity index (χ2v) is 11.3. The Morgan fingerprint density at radius 2 is 0.930 bits per heavy atom. The molecule has 0 saturated carbocycles. The highest BCUT2D eigenvalue weighted by atomic mass is 16.3. The number of hydrogen-bond acceptors (Lipinski definition) is 1. The summed E-state index contributed by atoms with van der Waals surface area (Å²) < 4.78 is 6.58. The molecule has 0 atom stereocenters. The first-order valence-corrected chi connectivity index (χ1v) is 14.8. The van der Waals surface area contributed by atoms with E-state index in [0.717, 1.165) is 27.5 Å². The Morgan fingerprint density at radius 1 is 0.326 bits per heavy atom. The molecule has 0 saturated heterocycles. The van der Waals surface area contributed by atoms with Gasteiger partial charge in [0.15, 0.2) is 0 Å². The molecule has 1 heterocycles. The summed E-state index contributed by atoms with van der Waals surface area (Å²) in [5.41, 5.74) is 9.11. The maximum Gasteiger partial charge on any atom is 0.136 e. The normalized spacial score (nSPS) is 11.7. The van der Waals surface area contributed by atoms with Crippen LogP contribution in [0.5, 0.6) is 0 Å². The van der Waals surface area contributed by atoms with E-state index in [4.69, 9.17) is 4.42 Å². The molecule has 0 amide bonds. The van der Waals surface area contributed by atoms with Gasteiger partial charge in [-0.3, -0.25) is 0 Å². The van der Waals surface area contributed by atoms with Crippen LogP contribution >= 0.6 is 0 Å². The van der Waals surface area contributed by atoms with Crippen molar-refractivity contribution in [2.45, 2.75) is 0 Å². The fourth-order valence-electron chi connectivity index (χ4n) is 6.92. The minimum atomic E-state index is 0.905. The average Bonchev–Trinajstić information content (AvgIpc) is 3.45. The van der Waals surface area contributed by atoms with Crippen molar-refractivity contribution in [1.82, 2.24) is 0 Å². The molecule has 200 valence electrons. The summed E-state index contributed by atoms with van der Waals surface area (Å²) in [6.07, 6.45) is 0. The summed E-state index contributed by atoms with van der Waals surface area (Å²) in [6, 6.07) is 56.7. The Bertz CT molecular complexity index is 2440. The van der Waals surface area contributed by atoms with Gasteiger partial charge in [-0.2, -0.15) is 0 Å². The monoisotopic (exact) mass is 546 g/mol. The minimum Gasteiger partial charge on any atom is -0.456 e. The van der Waals surface area contributed by atoms with Crippen LogP contribution in [0.3, 0.4) is 0 Å². The van der Waals surface area contributed by atoms with Gasteiger partial charge in [-0.15, -0.1) is 0 Å². The molecule has 1 aromatic heterocycles. The Kier molecular flexibility index (Phi) is 5.27. The Morgan fingerprint density at radius 3 is 1.67 bits per heavy atom. The van der Waals surface area contributed by atoms with Gasteiger partial charge in [-0.25, -0.2) is 0 Å². The van der Waals surface area contributed by atoms with E-state index in [9.17, 15) is 0 Å². The van der Waals surface area contributed by atoms with Crippen molar-refractivity contribution in [3.63, 3.8) is 0 Å². The Hall–Kier alpha value is -5.66. The minimum absolute atomic E-state index is 0.905. The van der Waals surface area contributed by atoms with Gasteiger partial charge in [0.1, 0.15) is 11.2 Å². The van der Waals surface area contributed by atoms with E-state index < -0.39 is 0 Å². The van der Waals surface area contributed by atoms with E-state index in [1.807, 2.05) is 0 Å². The van der Waals surface area contributed by atoms with Crippen LogP contribution in [0.15, 0.2) is 162 Å². The fraction of sp³-hybridized carbons (Fsp3) is 0. The molecule has 1 heteroatoms. The van der Waals surface area contributed by atoms with Crippen molar-refractivity contribution >= 4 is 54.3 Å². The highest BCUT2D eigenvalue weighted by Crippen LogP contribution is 2.47. The first kappa shape index (κ1) is 24.0. The Labute approximate surface area is 249 Å². The maximum atomic E-state index is 6.58. The van der Waals surface area contributed by atoms with Crippen LogP contribution in [0.4, 0.5) is 0 Å². The molecule has 0 unspecified atom stereocenters. The highest BCUT2D eigenvalue weighted by molar-refractivity contribution is 6.25. The Balaban J connectivity index is 1.32. The van der Waals surface area contributed by atoms with Crippen molar-refractivity contribution in [2.75, 3.05) is 0 Å². The molecule has 0 aliphatic rings. The van der Waals surface area contributed by atoms with Crippen LogP contribution in [0.2, 0.25) is 0 Å². The number of hydrogen-bond donors (Lipinski definition) is 0. The van der Waals surface area contributed by atoms with Gasteiger partial charge in [0.25, 0.3) is 0 Å². The SMILES string of the molecule is c1ccc(-c2c3ccccc3c(-c3cccc4oc5cc(-c6ccc7ccccc7c6)ccc5c34)c3ccccc23)cc1. The van der Waals surface area contributed by atoms with Crippen LogP contribution in [-0.4, -0.2) is 0 Å². The molecule has 0 fully saturated rings. The molecule has 43 heavy (non-hydrogen) atoms. The second kappa shape index (κ2) is 9.44. The smallest absolute Gasteiger partial charge is 0.136 e. The van der Waals surface area contributed by atoms with E-state index >= 15 is 0 Å². The number of benzene rings is 8. The van der Waals surface area contributed by atoms with Crippen molar-refractivity contribution in [2.24, 2.45) is 0 Å². The van der Waals surface area contributed by atoms with Crippen molar-refractivity contribution in [1.29, 1.82) is 0 Å². The topological polar surface area (TPSA) is 13.1 Å². The molecule has 0 N–H and O–H groups in total. The van der Waals surface area contributed by atoms with Gasteiger partial charge >= 0.3 is 0 Å². The zero-order valence-corrected chi connectivity index (χ0v) is 23.4. The van der Waals surface area contributed by atoms with E-state index in [1.165, 1.54) is 60.1 Å². The lowest BCUT2D eigenvalue weighted by atomic mass is 9.85. The van der Waals surface area contributed by atoms with Gasteiger partial charge in [-0.1, -0.05) is 133 Å². The third kappa shape index (κ3) is 3.72. The third-order valence-corrected chi connectivity index (χ3v) is 8.84. The number of fused-ring (bicyclic) bond motifs is 6. The lowest BCUT2D eigenvalue weighted by Gasteiger charge is -2.18. The highest BCUT2D eigenvalue weighted by Gasteiger charge is 2.20. The molecule has 0 spiro atoms. The summed E-state index contributed by atoms with van der Waals surface area (Å²) >= 11 is 0. The predicted molar refractivity (Wildman–Crippen MR) is 183 cm³/mol. The van der Waals surface area contributed by atoms with Crippen LogP contribution < -0.4 is 0 Å². The van der Waals surface area contributed by atoms with Gasteiger partial charge in [0.2, 0.25) is 0 Å². The van der Waals surface area contributed by atoms with Gasteiger partial charge in [0, 0.05) is 10.8 Å². The van der Waals surface area contributed by atoms with E-state index in [2.05, 4.69) is 158 Å². The molecular weight excluding hydrogens is 520 g/mol. The lowest BCUT2D eigenvalue weighted by Crippen LogP contribution is -1.91. The first-order valence-electron chi connectivity index (χ1n) is 14.8. The fourth-order valence-corrected chi connectivity index (χ4v) is 6.92. The zero-order valence-electron chi connectivity index (χ0n) is 23.4. The summed E-state index contributed by atoms with van der Waals surface area (Å²) in [7, 11) is 0. The standard InChI is InChI=1S/C42H26O/c1-2-12-28(13-3-1)40-32-15-6-8-17-34(32)41(35-18-9-7-16-33(35)40)37-19-10-20-38-42(37)36-24-23-31(26-39(36)43-38)30-22-21-27-11-4-5-14-29(27)25-30/h1-26H. The van der Waals surface area contributed by atoms with E-state index in [0.29, 0.717) is 0 Å². The number of rotatable bonds is 3. The molecule has 9 rings (SSSR count). The van der Waals surface area contributed by atoms with Crippen molar-refractivity contribution in [3.8, 4) is 33.4 Å². The van der Waals surface area contributed by atoms with Gasteiger partial charge < -0.3 is 4.42 Å².